The molecule has 0 saturated heterocycles. The standard InChI is InChI=1S/C21H26N2O2/c1-14(2)19(23-20(24)18-12-8-6-10-16(18)4)21(25)22-13-17-11-7-5-9-15(17)3/h5-12,14,19H,13H2,1-4H3,(H,22,25)(H,23,24). The highest BCUT2D eigenvalue weighted by Crippen LogP contribution is 2.10. The van der Waals surface area contributed by atoms with Gasteiger partial charge in [-0.25, -0.2) is 0 Å². The molecule has 4 heteroatoms. The van der Waals surface area contributed by atoms with Gasteiger partial charge in [0.15, 0.2) is 0 Å². The van der Waals surface area contributed by atoms with Gasteiger partial charge in [0.05, 0.1) is 0 Å². The van der Waals surface area contributed by atoms with Gasteiger partial charge in [0.25, 0.3) is 5.91 Å². The van der Waals surface area contributed by atoms with Crippen molar-refractivity contribution in [2.45, 2.75) is 40.3 Å². The molecule has 132 valence electrons. The van der Waals surface area contributed by atoms with Crippen LogP contribution in [0.2, 0.25) is 0 Å². The highest BCUT2D eigenvalue weighted by molar-refractivity contribution is 5.98. The van der Waals surface area contributed by atoms with Crippen LogP contribution in [-0.4, -0.2) is 17.9 Å². The SMILES string of the molecule is Cc1ccccc1CNC(=O)C(NC(=O)c1ccccc1C)C(C)C. The van der Waals surface area contributed by atoms with Crippen LogP contribution in [0.4, 0.5) is 0 Å². The van der Waals surface area contributed by atoms with Gasteiger partial charge in [-0.1, -0.05) is 56.3 Å². The molecule has 0 aromatic heterocycles. The highest BCUT2D eigenvalue weighted by atomic mass is 16.2. The van der Waals surface area contributed by atoms with Crippen LogP contribution in [0.3, 0.4) is 0 Å². The lowest BCUT2D eigenvalue weighted by Gasteiger charge is -2.22. The third-order valence-electron chi connectivity index (χ3n) is 4.34. The normalized spacial score (nSPS) is 11.9. The van der Waals surface area contributed by atoms with Gasteiger partial charge in [0, 0.05) is 12.1 Å². The van der Waals surface area contributed by atoms with Crippen LogP contribution in [0.1, 0.15) is 40.9 Å². The van der Waals surface area contributed by atoms with Gasteiger partial charge in [-0.15, -0.1) is 0 Å². The Bertz CT molecular complexity index is 753. The maximum atomic E-state index is 12.6. The van der Waals surface area contributed by atoms with E-state index < -0.39 is 6.04 Å². The second-order valence-corrected chi connectivity index (χ2v) is 6.65. The zero-order valence-corrected chi connectivity index (χ0v) is 15.3. The van der Waals surface area contributed by atoms with Crippen LogP contribution >= 0.6 is 0 Å². The lowest BCUT2D eigenvalue weighted by atomic mass is 10.0. The molecule has 0 spiro atoms. The molecule has 0 aliphatic heterocycles. The first-order chi connectivity index (χ1) is 11.9. The topological polar surface area (TPSA) is 58.2 Å². The van der Waals surface area contributed by atoms with Crippen LogP contribution in [0, 0.1) is 19.8 Å². The molecule has 0 fully saturated rings. The van der Waals surface area contributed by atoms with Crippen LogP contribution in [0.5, 0.6) is 0 Å². The van der Waals surface area contributed by atoms with E-state index in [4.69, 9.17) is 0 Å². The van der Waals surface area contributed by atoms with Crippen molar-refractivity contribution >= 4 is 11.8 Å². The number of carbonyl (C=O) groups excluding carboxylic acids is 2. The first-order valence-corrected chi connectivity index (χ1v) is 8.59. The molecule has 25 heavy (non-hydrogen) atoms. The Morgan fingerprint density at radius 3 is 2.12 bits per heavy atom. The lowest BCUT2D eigenvalue weighted by molar-refractivity contribution is -0.124. The largest absolute Gasteiger partial charge is 0.350 e. The molecule has 0 saturated carbocycles. The van der Waals surface area contributed by atoms with Gasteiger partial charge in [-0.05, 0) is 42.5 Å². The maximum absolute atomic E-state index is 12.6. The zero-order valence-electron chi connectivity index (χ0n) is 15.3. The van der Waals surface area contributed by atoms with Crippen molar-refractivity contribution in [2.75, 3.05) is 0 Å². The molecule has 1 atom stereocenters. The quantitative estimate of drug-likeness (QED) is 0.848. The number of carbonyl (C=O) groups is 2. The third kappa shape index (κ3) is 4.92. The molecule has 0 bridgehead atoms. The Labute approximate surface area is 149 Å². The maximum Gasteiger partial charge on any atom is 0.252 e. The number of hydrogen-bond donors (Lipinski definition) is 2. The van der Waals surface area contributed by atoms with Crippen molar-refractivity contribution in [2.24, 2.45) is 5.92 Å². The minimum absolute atomic E-state index is 0.00941. The summed E-state index contributed by atoms with van der Waals surface area (Å²) in [5.41, 5.74) is 3.69. The summed E-state index contributed by atoms with van der Waals surface area (Å²) in [5.74, 6) is -0.395. The number of amides is 2. The fourth-order valence-corrected chi connectivity index (χ4v) is 2.68. The van der Waals surface area contributed by atoms with Crippen molar-refractivity contribution in [1.82, 2.24) is 10.6 Å². The van der Waals surface area contributed by atoms with Crippen LogP contribution < -0.4 is 10.6 Å². The molecular weight excluding hydrogens is 312 g/mol. The van der Waals surface area contributed by atoms with Crippen LogP contribution in [-0.2, 0) is 11.3 Å². The molecule has 2 rings (SSSR count). The van der Waals surface area contributed by atoms with Crippen LogP contribution in [0.15, 0.2) is 48.5 Å². The summed E-state index contributed by atoms with van der Waals surface area (Å²) in [6.07, 6.45) is 0. The molecule has 4 nitrogen and oxygen atoms in total. The molecule has 2 aromatic rings. The van der Waals surface area contributed by atoms with E-state index in [0.29, 0.717) is 12.1 Å². The van der Waals surface area contributed by atoms with Crippen molar-refractivity contribution in [3.8, 4) is 0 Å². The van der Waals surface area contributed by atoms with E-state index in [-0.39, 0.29) is 17.7 Å². The molecule has 2 N–H and O–H groups in total. The lowest BCUT2D eigenvalue weighted by Crippen LogP contribution is -2.49. The third-order valence-corrected chi connectivity index (χ3v) is 4.34. The zero-order chi connectivity index (χ0) is 18.4. The highest BCUT2D eigenvalue weighted by Gasteiger charge is 2.25. The predicted octanol–water partition coefficient (Wildman–Crippen LogP) is 3.37. The minimum atomic E-state index is -0.573. The first-order valence-electron chi connectivity index (χ1n) is 8.59. The summed E-state index contributed by atoms with van der Waals surface area (Å²) < 4.78 is 0. The molecule has 2 amide bonds. The molecule has 0 radical (unpaired) electrons. The second-order valence-electron chi connectivity index (χ2n) is 6.65. The van der Waals surface area contributed by atoms with Crippen molar-refractivity contribution in [1.29, 1.82) is 0 Å². The summed E-state index contributed by atoms with van der Waals surface area (Å²) in [4.78, 5) is 25.1. The summed E-state index contributed by atoms with van der Waals surface area (Å²) in [6.45, 7) is 8.21. The van der Waals surface area contributed by atoms with Crippen molar-refractivity contribution < 1.29 is 9.59 Å². The smallest absolute Gasteiger partial charge is 0.252 e. The van der Waals surface area contributed by atoms with Gasteiger partial charge in [0.2, 0.25) is 5.91 Å². The fourth-order valence-electron chi connectivity index (χ4n) is 2.68. The Balaban J connectivity index is 2.04. The van der Waals surface area contributed by atoms with Gasteiger partial charge in [-0.3, -0.25) is 9.59 Å². The first kappa shape index (κ1) is 18.7. The summed E-state index contributed by atoms with van der Waals surface area (Å²) in [6, 6.07) is 14.7. The average molecular weight is 338 g/mol. The second kappa shape index (κ2) is 8.47. The Morgan fingerprint density at radius 1 is 0.920 bits per heavy atom. The van der Waals surface area contributed by atoms with Crippen LogP contribution in [0.25, 0.3) is 0 Å². The predicted molar refractivity (Wildman–Crippen MR) is 100 cm³/mol. The molecule has 0 heterocycles. The number of nitrogens with one attached hydrogen (secondary N) is 2. The number of aryl methyl sites for hydroxylation is 2. The summed E-state index contributed by atoms with van der Waals surface area (Å²) in [5, 5.41) is 5.81. The van der Waals surface area contributed by atoms with E-state index in [0.717, 1.165) is 16.7 Å². The van der Waals surface area contributed by atoms with Crippen molar-refractivity contribution in [3.63, 3.8) is 0 Å². The fraction of sp³-hybridized carbons (Fsp3) is 0.333. The van der Waals surface area contributed by atoms with E-state index in [1.807, 2.05) is 70.2 Å². The molecule has 2 aromatic carbocycles. The van der Waals surface area contributed by atoms with E-state index in [1.165, 1.54) is 0 Å². The number of hydrogen-bond acceptors (Lipinski definition) is 2. The minimum Gasteiger partial charge on any atom is -0.350 e. The Kier molecular flexibility index (Phi) is 6.34. The van der Waals surface area contributed by atoms with E-state index in [2.05, 4.69) is 10.6 Å². The average Bonchev–Trinajstić information content (AvgIpc) is 2.58. The summed E-state index contributed by atoms with van der Waals surface area (Å²) in [7, 11) is 0. The van der Waals surface area contributed by atoms with Gasteiger partial charge >= 0.3 is 0 Å². The van der Waals surface area contributed by atoms with E-state index in [9.17, 15) is 9.59 Å². The molecule has 0 aliphatic rings. The monoisotopic (exact) mass is 338 g/mol. The molecular formula is C21H26N2O2. The van der Waals surface area contributed by atoms with E-state index in [1.54, 1.807) is 6.07 Å². The Hall–Kier alpha value is -2.62. The molecule has 0 aliphatic carbocycles. The van der Waals surface area contributed by atoms with Crippen molar-refractivity contribution in [3.05, 3.63) is 70.8 Å². The van der Waals surface area contributed by atoms with Gasteiger partial charge in [-0.2, -0.15) is 0 Å². The number of benzene rings is 2. The van der Waals surface area contributed by atoms with Gasteiger partial charge in [0.1, 0.15) is 6.04 Å². The van der Waals surface area contributed by atoms with E-state index >= 15 is 0 Å². The molecule has 1 unspecified atom stereocenters. The summed E-state index contributed by atoms with van der Waals surface area (Å²) >= 11 is 0. The van der Waals surface area contributed by atoms with Gasteiger partial charge < -0.3 is 10.6 Å². The number of rotatable bonds is 6. The Morgan fingerprint density at radius 2 is 1.52 bits per heavy atom.